The molecule has 54 heavy (non-hydrogen) atoms. The van der Waals surface area contributed by atoms with Crippen LogP contribution < -0.4 is 9.80 Å². The number of aromatic nitrogens is 4. The Labute approximate surface area is 335 Å². The fourth-order valence-electron chi connectivity index (χ4n) is 6.58. The van der Waals surface area contributed by atoms with Crippen molar-refractivity contribution < 1.29 is 9.59 Å². The number of halogens is 3. The number of thiophene rings is 2. The molecule has 6 heterocycles. The summed E-state index contributed by atoms with van der Waals surface area (Å²) in [5.41, 5.74) is 3.53. The maximum absolute atomic E-state index is 11.8. The number of rotatable bonds is 6. The molecule has 276 valence electrons. The highest BCUT2D eigenvalue weighted by molar-refractivity contribution is 7.19. The van der Waals surface area contributed by atoms with E-state index in [1.807, 2.05) is 35.2 Å². The van der Waals surface area contributed by atoms with Gasteiger partial charge in [-0.3, -0.25) is 9.59 Å². The van der Waals surface area contributed by atoms with Crippen molar-refractivity contribution in [3.05, 3.63) is 106 Å². The van der Waals surface area contributed by atoms with Gasteiger partial charge in [-0.05, 0) is 67.6 Å². The van der Waals surface area contributed by atoms with Crippen LogP contribution >= 0.6 is 57.5 Å². The number of aryl methyl sites for hydroxylation is 1. The van der Waals surface area contributed by atoms with Gasteiger partial charge in [-0.1, -0.05) is 48.0 Å². The predicted molar refractivity (Wildman–Crippen MR) is 223 cm³/mol. The zero-order valence-electron chi connectivity index (χ0n) is 29.3. The number of anilines is 2. The third-order valence-electron chi connectivity index (χ3n) is 9.38. The topological polar surface area (TPSA) is 98.7 Å². The van der Waals surface area contributed by atoms with E-state index >= 15 is 0 Å². The normalized spacial score (nSPS) is 14.6. The number of carbonyl (C=O) groups is 2. The van der Waals surface area contributed by atoms with Gasteiger partial charge in [0.2, 0.25) is 11.8 Å². The van der Waals surface area contributed by atoms with Gasteiger partial charge in [0.05, 0.1) is 25.4 Å². The Bertz CT molecular complexity index is 2220. The van der Waals surface area contributed by atoms with Crippen LogP contribution in [-0.4, -0.2) is 93.9 Å². The molecule has 2 aliphatic rings. The molecule has 0 aliphatic carbocycles. The Morgan fingerprint density at radius 3 is 1.46 bits per heavy atom. The van der Waals surface area contributed by atoms with Crippen LogP contribution in [0.2, 0.25) is 14.4 Å². The van der Waals surface area contributed by atoms with E-state index in [4.69, 9.17) is 34.8 Å². The largest absolute Gasteiger partial charge is 0.352 e. The molecule has 0 unspecified atom stereocenters. The van der Waals surface area contributed by atoms with Gasteiger partial charge < -0.3 is 19.6 Å². The van der Waals surface area contributed by atoms with E-state index < -0.39 is 0 Å². The molecular weight excluding hydrogens is 783 g/mol. The quantitative estimate of drug-likeness (QED) is 0.154. The third-order valence-corrected chi connectivity index (χ3v) is 12.3. The number of amides is 2. The molecule has 10 nitrogen and oxygen atoms in total. The highest BCUT2D eigenvalue weighted by Gasteiger charge is 2.24. The Hall–Kier alpha value is -4.59. The first-order valence-electron chi connectivity index (χ1n) is 17.2. The second kappa shape index (κ2) is 16.4. The Morgan fingerprint density at radius 2 is 1.07 bits per heavy atom. The minimum Gasteiger partial charge on any atom is -0.352 e. The second-order valence-electron chi connectivity index (χ2n) is 12.6. The fourth-order valence-corrected chi connectivity index (χ4v) is 9.19. The van der Waals surface area contributed by atoms with Crippen LogP contribution in [0.5, 0.6) is 0 Å². The smallest absolute Gasteiger partial charge is 0.246 e. The van der Waals surface area contributed by atoms with Crippen LogP contribution in [0.15, 0.2) is 86.5 Å². The Kier molecular flexibility index (Phi) is 11.5. The molecule has 6 aromatic rings. The first-order valence-corrected chi connectivity index (χ1v) is 19.9. The molecule has 2 amide bonds. The van der Waals surface area contributed by atoms with Crippen molar-refractivity contribution in [1.82, 2.24) is 29.7 Å². The van der Waals surface area contributed by atoms with E-state index in [1.54, 1.807) is 28.9 Å². The summed E-state index contributed by atoms with van der Waals surface area (Å²) in [4.78, 5) is 52.8. The minimum absolute atomic E-state index is 0.0238. The molecule has 0 bridgehead atoms. The summed E-state index contributed by atoms with van der Waals surface area (Å²) < 4.78 is 0.716. The first kappa shape index (κ1) is 37.7. The highest BCUT2D eigenvalue weighted by Crippen LogP contribution is 2.40. The lowest BCUT2D eigenvalue weighted by Gasteiger charge is -2.35. The Balaban J connectivity index is 0.000000167. The van der Waals surface area contributed by atoms with Crippen molar-refractivity contribution in [2.24, 2.45) is 0 Å². The van der Waals surface area contributed by atoms with E-state index in [2.05, 4.69) is 68.0 Å². The summed E-state index contributed by atoms with van der Waals surface area (Å²) in [7, 11) is 0. The van der Waals surface area contributed by atoms with Crippen molar-refractivity contribution in [3.8, 4) is 20.9 Å². The molecule has 15 heteroatoms. The standard InChI is InChI=1S/C20H19ClN4OS.C19H16Cl2N4OS/c1-3-19(26)24-6-8-25(9-7-24)20-15-10-14(18-5-4-13(2)27-18)16(21)11-17(15)22-12-23-20;1-2-18(26)24-5-7-25(8-6-24)19-13-9-12(16-3-4-17(21)27-16)14(20)10-15(13)22-11-23-19/h3-5,10-12H,1,6-9H2,2H3;2-4,9-11H,1,5-8H2. The van der Waals surface area contributed by atoms with Crippen LogP contribution in [0.25, 0.3) is 42.7 Å². The van der Waals surface area contributed by atoms with Gasteiger partial charge in [0.15, 0.2) is 0 Å². The van der Waals surface area contributed by atoms with E-state index in [1.165, 1.54) is 28.4 Å². The van der Waals surface area contributed by atoms with Crippen molar-refractivity contribution >= 4 is 103 Å². The van der Waals surface area contributed by atoms with Crippen molar-refractivity contribution in [2.45, 2.75) is 6.92 Å². The summed E-state index contributed by atoms with van der Waals surface area (Å²) >= 11 is 22.3. The summed E-state index contributed by atoms with van der Waals surface area (Å²) in [6, 6.07) is 15.9. The number of fused-ring (bicyclic) bond motifs is 2. The number of hydrogen-bond acceptors (Lipinski definition) is 10. The highest BCUT2D eigenvalue weighted by atomic mass is 35.5. The molecule has 2 aromatic carbocycles. The average molecular weight is 818 g/mol. The number of nitrogens with zero attached hydrogens (tertiary/aromatic N) is 8. The molecule has 0 N–H and O–H groups in total. The molecule has 2 aliphatic heterocycles. The number of hydrogen-bond donors (Lipinski definition) is 0. The van der Waals surface area contributed by atoms with Crippen molar-refractivity contribution in [1.29, 1.82) is 0 Å². The van der Waals surface area contributed by atoms with Gasteiger partial charge in [0.1, 0.15) is 24.3 Å². The first-order chi connectivity index (χ1) is 26.1. The molecular formula is C39H35Cl3N8O2S2. The molecule has 0 radical (unpaired) electrons. The lowest BCUT2D eigenvalue weighted by molar-refractivity contribution is -0.127. The van der Waals surface area contributed by atoms with Crippen molar-refractivity contribution in [3.63, 3.8) is 0 Å². The molecule has 2 fully saturated rings. The summed E-state index contributed by atoms with van der Waals surface area (Å²) in [6.45, 7) is 14.6. The summed E-state index contributed by atoms with van der Waals surface area (Å²) in [5.74, 6) is 1.68. The SMILES string of the molecule is C=CC(=O)N1CCN(c2ncnc3cc(Cl)c(-c4ccc(C)s4)cc23)CC1.C=CC(=O)N1CCN(c2ncnc3cc(Cl)c(-c4ccc(Cl)s4)cc23)CC1. The monoisotopic (exact) mass is 816 g/mol. The molecule has 0 saturated carbocycles. The third kappa shape index (κ3) is 7.94. The summed E-state index contributed by atoms with van der Waals surface area (Å²) in [6.07, 6.45) is 5.85. The fraction of sp³-hybridized carbons (Fsp3) is 0.231. The van der Waals surface area contributed by atoms with Crippen LogP contribution in [0.3, 0.4) is 0 Å². The van der Waals surface area contributed by atoms with E-state index in [0.717, 1.165) is 67.4 Å². The zero-order chi connectivity index (χ0) is 37.9. The summed E-state index contributed by atoms with van der Waals surface area (Å²) in [5, 5.41) is 3.24. The van der Waals surface area contributed by atoms with Gasteiger partial charge in [0, 0.05) is 88.9 Å². The van der Waals surface area contributed by atoms with E-state index in [-0.39, 0.29) is 11.8 Å². The average Bonchev–Trinajstić information content (AvgIpc) is 3.84. The van der Waals surface area contributed by atoms with Crippen LogP contribution in [-0.2, 0) is 9.59 Å². The lowest BCUT2D eigenvalue weighted by atomic mass is 10.1. The number of piperazine rings is 2. The van der Waals surface area contributed by atoms with E-state index in [9.17, 15) is 9.59 Å². The second-order valence-corrected chi connectivity index (χ2v) is 16.5. The number of benzene rings is 2. The zero-order valence-corrected chi connectivity index (χ0v) is 33.2. The molecule has 8 rings (SSSR count). The van der Waals surface area contributed by atoms with Gasteiger partial charge in [-0.2, -0.15) is 0 Å². The minimum atomic E-state index is -0.0363. The van der Waals surface area contributed by atoms with Gasteiger partial charge in [-0.25, -0.2) is 19.9 Å². The van der Waals surface area contributed by atoms with Crippen LogP contribution in [0.1, 0.15) is 4.88 Å². The van der Waals surface area contributed by atoms with Gasteiger partial charge in [0.25, 0.3) is 0 Å². The van der Waals surface area contributed by atoms with Gasteiger partial charge >= 0.3 is 0 Å². The van der Waals surface area contributed by atoms with Crippen LogP contribution in [0.4, 0.5) is 11.6 Å². The Morgan fingerprint density at radius 1 is 0.630 bits per heavy atom. The molecule has 0 spiro atoms. The molecule has 0 atom stereocenters. The lowest BCUT2D eigenvalue weighted by Crippen LogP contribution is -2.48. The predicted octanol–water partition coefficient (Wildman–Crippen LogP) is 8.65. The van der Waals surface area contributed by atoms with Crippen LogP contribution in [0, 0.1) is 6.92 Å². The van der Waals surface area contributed by atoms with Gasteiger partial charge in [-0.15, -0.1) is 22.7 Å². The number of carbonyl (C=O) groups excluding carboxylic acids is 2. The maximum atomic E-state index is 11.8. The van der Waals surface area contributed by atoms with Crippen molar-refractivity contribution in [2.75, 3.05) is 62.2 Å². The molecule has 4 aromatic heterocycles. The maximum Gasteiger partial charge on any atom is 0.246 e. The molecule has 2 saturated heterocycles. The van der Waals surface area contributed by atoms with E-state index in [0.29, 0.717) is 53.7 Å².